The largest absolute Gasteiger partial charge is 0.444 e. The smallest absolute Gasteiger partial charge is 0.410 e. The first-order chi connectivity index (χ1) is 15.2. The lowest BCUT2D eigenvalue weighted by molar-refractivity contribution is 0.0174. The molecule has 3 rings (SSSR count). The van der Waals surface area contributed by atoms with Gasteiger partial charge in [0.15, 0.2) is 0 Å². The number of carbonyl (C=O) groups is 2. The van der Waals surface area contributed by atoms with Gasteiger partial charge >= 0.3 is 6.09 Å². The van der Waals surface area contributed by atoms with E-state index in [0.29, 0.717) is 28.2 Å². The number of halogens is 1. The second kappa shape index (κ2) is 11.7. The molecule has 1 N–H and O–H groups in total. The van der Waals surface area contributed by atoms with Crippen molar-refractivity contribution < 1.29 is 19.1 Å². The fourth-order valence-corrected chi connectivity index (χ4v) is 5.13. The van der Waals surface area contributed by atoms with Crippen LogP contribution in [-0.4, -0.2) is 79.4 Å². The number of nitrogens with one attached hydrogen (secondary N) is 1. The van der Waals surface area contributed by atoms with Crippen molar-refractivity contribution in [2.45, 2.75) is 58.1 Å². The van der Waals surface area contributed by atoms with Crippen molar-refractivity contribution in [1.29, 1.82) is 0 Å². The standard InChI is InChI=1S/C23H36ClN3O4S/c1-23(2,3)31-22(29)27-10-6-17(7-11-27)16-18(8-9-26-12-14-30-15-13-26)25-21(28)19-4-5-20(24)32-19/h4-5,17-18H,6-16H2,1-3H3,(H,25,28). The molecule has 180 valence electrons. The lowest BCUT2D eigenvalue weighted by Crippen LogP contribution is -2.44. The van der Waals surface area contributed by atoms with Gasteiger partial charge in [0.1, 0.15) is 5.60 Å². The predicted octanol–water partition coefficient (Wildman–Crippen LogP) is 4.26. The monoisotopic (exact) mass is 485 g/mol. The second-order valence-electron chi connectivity index (χ2n) is 9.66. The normalized spacial score (nSPS) is 19.6. The third kappa shape index (κ3) is 8.21. The number of morpholine rings is 1. The number of rotatable bonds is 7. The Kier molecular flexibility index (Phi) is 9.22. The highest BCUT2D eigenvalue weighted by Crippen LogP contribution is 2.26. The van der Waals surface area contributed by atoms with Crippen LogP contribution in [0, 0.1) is 5.92 Å². The van der Waals surface area contributed by atoms with Crippen molar-refractivity contribution in [1.82, 2.24) is 15.1 Å². The Labute approximate surface area is 200 Å². The molecule has 0 radical (unpaired) electrons. The lowest BCUT2D eigenvalue weighted by atomic mass is 9.89. The number of hydrogen-bond donors (Lipinski definition) is 1. The zero-order valence-electron chi connectivity index (χ0n) is 19.4. The van der Waals surface area contributed by atoms with Gasteiger partial charge in [-0.25, -0.2) is 4.79 Å². The number of likely N-dealkylation sites (tertiary alicyclic amines) is 1. The van der Waals surface area contributed by atoms with E-state index in [1.54, 1.807) is 17.0 Å². The minimum atomic E-state index is -0.479. The maximum absolute atomic E-state index is 12.8. The topological polar surface area (TPSA) is 71.1 Å². The number of thiophene rings is 1. The summed E-state index contributed by atoms with van der Waals surface area (Å²) >= 11 is 7.32. The molecule has 0 aromatic carbocycles. The van der Waals surface area contributed by atoms with Crippen LogP contribution >= 0.6 is 22.9 Å². The van der Waals surface area contributed by atoms with Crippen molar-refractivity contribution >= 4 is 34.9 Å². The Hall–Kier alpha value is -1.35. The van der Waals surface area contributed by atoms with Gasteiger partial charge < -0.3 is 19.7 Å². The second-order valence-corrected chi connectivity index (χ2v) is 11.4. The molecule has 0 bridgehead atoms. The maximum Gasteiger partial charge on any atom is 0.410 e. The Balaban J connectivity index is 1.53. The molecule has 0 aliphatic carbocycles. The first-order valence-corrected chi connectivity index (χ1v) is 12.7. The molecule has 0 saturated carbocycles. The van der Waals surface area contributed by atoms with Crippen LogP contribution in [0.4, 0.5) is 4.79 Å². The van der Waals surface area contributed by atoms with Crippen molar-refractivity contribution in [2.24, 2.45) is 5.92 Å². The van der Waals surface area contributed by atoms with Crippen LogP contribution in [0.1, 0.15) is 56.1 Å². The van der Waals surface area contributed by atoms with Gasteiger partial charge in [-0.3, -0.25) is 9.69 Å². The Bertz CT molecular complexity index is 753. The molecule has 2 fully saturated rings. The van der Waals surface area contributed by atoms with Crippen LogP contribution < -0.4 is 5.32 Å². The highest BCUT2D eigenvalue weighted by molar-refractivity contribution is 7.18. The van der Waals surface area contributed by atoms with E-state index in [-0.39, 0.29) is 18.0 Å². The van der Waals surface area contributed by atoms with Gasteiger partial charge in [-0.05, 0) is 64.5 Å². The number of amides is 2. The number of carbonyl (C=O) groups excluding carboxylic acids is 2. The van der Waals surface area contributed by atoms with Crippen molar-refractivity contribution in [3.05, 3.63) is 21.3 Å². The summed E-state index contributed by atoms with van der Waals surface area (Å²) < 4.78 is 11.6. The van der Waals surface area contributed by atoms with E-state index in [0.717, 1.165) is 58.5 Å². The Morgan fingerprint density at radius 1 is 1.22 bits per heavy atom. The molecular formula is C23H36ClN3O4S. The van der Waals surface area contributed by atoms with Crippen LogP contribution in [0.15, 0.2) is 12.1 Å². The summed E-state index contributed by atoms with van der Waals surface area (Å²) in [5, 5.41) is 3.25. The summed E-state index contributed by atoms with van der Waals surface area (Å²) in [4.78, 5) is 30.0. The van der Waals surface area contributed by atoms with E-state index in [1.807, 2.05) is 20.8 Å². The summed E-state index contributed by atoms with van der Waals surface area (Å²) in [5.41, 5.74) is -0.479. The van der Waals surface area contributed by atoms with Gasteiger partial charge in [-0.15, -0.1) is 11.3 Å². The minimum absolute atomic E-state index is 0.0555. The van der Waals surface area contributed by atoms with Crippen LogP contribution in [0.5, 0.6) is 0 Å². The number of hydrogen-bond acceptors (Lipinski definition) is 6. The average Bonchev–Trinajstić information content (AvgIpc) is 3.18. The Morgan fingerprint density at radius 3 is 2.50 bits per heavy atom. The fourth-order valence-electron chi connectivity index (χ4n) is 4.19. The number of piperidine rings is 1. The zero-order chi connectivity index (χ0) is 23.1. The lowest BCUT2D eigenvalue weighted by Gasteiger charge is -2.35. The van der Waals surface area contributed by atoms with Crippen molar-refractivity contribution in [3.8, 4) is 0 Å². The van der Waals surface area contributed by atoms with E-state index in [4.69, 9.17) is 21.1 Å². The zero-order valence-corrected chi connectivity index (χ0v) is 21.0. The molecule has 3 heterocycles. The molecule has 0 spiro atoms. The first-order valence-electron chi connectivity index (χ1n) is 11.5. The highest BCUT2D eigenvalue weighted by atomic mass is 35.5. The summed E-state index contributed by atoms with van der Waals surface area (Å²) in [6.07, 6.45) is 3.43. The van der Waals surface area contributed by atoms with Gasteiger partial charge in [-0.1, -0.05) is 11.6 Å². The highest BCUT2D eigenvalue weighted by Gasteiger charge is 2.29. The first kappa shape index (κ1) is 25.3. The molecular weight excluding hydrogens is 450 g/mol. The molecule has 9 heteroatoms. The SMILES string of the molecule is CC(C)(C)OC(=O)N1CCC(CC(CCN2CCOCC2)NC(=O)c2ccc(Cl)s2)CC1. The molecule has 2 aliphatic heterocycles. The summed E-state index contributed by atoms with van der Waals surface area (Å²) in [6, 6.07) is 3.63. The third-order valence-electron chi connectivity index (χ3n) is 5.91. The van der Waals surface area contributed by atoms with Crippen LogP contribution in [-0.2, 0) is 9.47 Å². The molecule has 7 nitrogen and oxygen atoms in total. The van der Waals surface area contributed by atoms with Crippen LogP contribution in [0.2, 0.25) is 4.34 Å². The van der Waals surface area contributed by atoms with Crippen molar-refractivity contribution in [2.75, 3.05) is 45.9 Å². The van der Waals surface area contributed by atoms with E-state index in [2.05, 4.69) is 10.2 Å². The number of ether oxygens (including phenoxy) is 2. The molecule has 2 amide bonds. The minimum Gasteiger partial charge on any atom is -0.444 e. The molecule has 1 aromatic heterocycles. The van der Waals surface area contributed by atoms with Crippen LogP contribution in [0.25, 0.3) is 0 Å². The van der Waals surface area contributed by atoms with Crippen LogP contribution in [0.3, 0.4) is 0 Å². The summed E-state index contributed by atoms with van der Waals surface area (Å²) in [7, 11) is 0. The molecule has 1 aromatic rings. The van der Waals surface area contributed by atoms with E-state index < -0.39 is 5.60 Å². The molecule has 1 unspecified atom stereocenters. The number of nitrogens with zero attached hydrogens (tertiary/aromatic N) is 2. The van der Waals surface area contributed by atoms with E-state index >= 15 is 0 Å². The van der Waals surface area contributed by atoms with Gasteiger partial charge in [0.2, 0.25) is 0 Å². The van der Waals surface area contributed by atoms with Gasteiger partial charge in [0.05, 0.1) is 22.4 Å². The fraction of sp³-hybridized carbons (Fsp3) is 0.739. The summed E-state index contributed by atoms with van der Waals surface area (Å²) in [6.45, 7) is 11.4. The predicted molar refractivity (Wildman–Crippen MR) is 128 cm³/mol. The molecule has 32 heavy (non-hydrogen) atoms. The van der Waals surface area contributed by atoms with Gasteiger partial charge in [0.25, 0.3) is 5.91 Å². The average molecular weight is 486 g/mol. The third-order valence-corrected chi connectivity index (χ3v) is 7.14. The van der Waals surface area contributed by atoms with E-state index in [1.165, 1.54) is 11.3 Å². The molecule has 2 saturated heterocycles. The molecule has 2 aliphatic rings. The summed E-state index contributed by atoms with van der Waals surface area (Å²) in [5.74, 6) is 0.413. The Morgan fingerprint density at radius 2 is 1.91 bits per heavy atom. The molecule has 1 atom stereocenters. The van der Waals surface area contributed by atoms with Gasteiger partial charge in [-0.2, -0.15) is 0 Å². The van der Waals surface area contributed by atoms with Crippen molar-refractivity contribution in [3.63, 3.8) is 0 Å². The van der Waals surface area contributed by atoms with Gasteiger partial charge in [0, 0.05) is 38.8 Å². The quantitative estimate of drug-likeness (QED) is 0.624. The maximum atomic E-state index is 12.8. The van der Waals surface area contributed by atoms with E-state index in [9.17, 15) is 9.59 Å².